The van der Waals surface area contributed by atoms with Crippen molar-refractivity contribution in [2.24, 2.45) is 0 Å². The highest BCUT2D eigenvalue weighted by Gasteiger charge is 2.09. The van der Waals surface area contributed by atoms with Gasteiger partial charge >= 0.3 is 6.03 Å². The maximum atomic E-state index is 13.6. The number of carbonyl (C=O) groups is 1. The molecule has 0 spiro atoms. The number of ether oxygens (including phenoxy) is 1. The van der Waals surface area contributed by atoms with Crippen molar-refractivity contribution in [2.45, 2.75) is 13.3 Å². The molecule has 0 atom stereocenters. The Hall–Kier alpha value is -2.18. The van der Waals surface area contributed by atoms with Gasteiger partial charge in [0.25, 0.3) is 0 Å². The molecule has 2 amide bonds. The molecule has 0 aliphatic carbocycles. The maximum Gasteiger partial charge on any atom is 0.316 e. The second-order valence-electron chi connectivity index (χ2n) is 4.77. The van der Waals surface area contributed by atoms with Crippen molar-refractivity contribution >= 4 is 17.4 Å². The number of benzene rings is 1. The van der Waals surface area contributed by atoms with Crippen molar-refractivity contribution in [1.82, 2.24) is 10.2 Å². The van der Waals surface area contributed by atoms with Crippen LogP contribution in [0.2, 0.25) is 0 Å². The molecule has 21 heavy (non-hydrogen) atoms. The third-order valence-corrected chi connectivity index (χ3v) is 2.69. The number of urea groups is 1. The number of hydrogen-bond acceptors (Lipinski definition) is 4. The Bertz CT molecular complexity index is 480. The first-order valence-electron chi connectivity index (χ1n) is 6.86. The fourth-order valence-electron chi connectivity index (χ4n) is 1.57. The summed E-state index contributed by atoms with van der Waals surface area (Å²) in [6.07, 6.45) is 0.795. The van der Waals surface area contributed by atoms with Gasteiger partial charge in [0.1, 0.15) is 0 Å². The molecule has 0 bridgehead atoms. The van der Waals surface area contributed by atoms with Crippen LogP contribution in [0.4, 0.5) is 20.6 Å². The highest BCUT2D eigenvalue weighted by Crippen LogP contribution is 2.28. The molecule has 0 fully saturated rings. The maximum absolute atomic E-state index is 13.6. The summed E-state index contributed by atoms with van der Waals surface area (Å²) >= 11 is 0. The molecule has 4 N–H and O–H groups in total. The van der Waals surface area contributed by atoms with Crippen LogP contribution in [-0.4, -0.2) is 44.7 Å². The zero-order chi connectivity index (χ0) is 15.8. The summed E-state index contributed by atoms with van der Waals surface area (Å²) in [6, 6.07) is 2.59. The van der Waals surface area contributed by atoms with Crippen molar-refractivity contribution in [3.8, 4) is 5.75 Å². The smallest absolute Gasteiger partial charge is 0.316 e. The summed E-state index contributed by atoms with van der Waals surface area (Å²) in [4.78, 5) is 12.8. The number of nitrogens with zero attached hydrogens (tertiary/aromatic N) is 1. The number of nitrogens with one attached hydrogen (secondary N) is 2. The van der Waals surface area contributed by atoms with Gasteiger partial charge in [-0.2, -0.15) is 0 Å². The van der Waals surface area contributed by atoms with Crippen LogP contribution in [0, 0.1) is 5.82 Å². The van der Waals surface area contributed by atoms with E-state index in [1.165, 1.54) is 17.0 Å². The van der Waals surface area contributed by atoms with Crippen LogP contribution >= 0.6 is 0 Å². The number of halogens is 1. The van der Waals surface area contributed by atoms with Gasteiger partial charge in [0, 0.05) is 39.3 Å². The van der Waals surface area contributed by atoms with Gasteiger partial charge in [0.15, 0.2) is 11.6 Å². The lowest BCUT2D eigenvalue weighted by molar-refractivity contribution is 0.218. The Kier molecular flexibility index (Phi) is 6.58. The lowest BCUT2D eigenvalue weighted by Crippen LogP contribution is -2.37. The highest BCUT2D eigenvalue weighted by atomic mass is 19.1. The Morgan fingerprint density at radius 1 is 1.38 bits per heavy atom. The van der Waals surface area contributed by atoms with Gasteiger partial charge in [-0.25, -0.2) is 9.18 Å². The number of nitrogen functional groups attached to an aromatic ring is 1. The van der Waals surface area contributed by atoms with Crippen LogP contribution in [0.3, 0.4) is 0 Å². The van der Waals surface area contributed by atoms with E-state index in [0.717, 1.165) is 6.42 Å². The second kappa shape index (κ2) is 8.18. The van der Waals surface area contributed by atoms with Gasteiger partial charge in [0.05, 0.1) is 18.0 Å². The number of hydrogen-bond donors (Lipinski definition) is 3. The first kappa shape index (κ1) is 16.9. The predicted molar refractivity (Wildman–Crippen MR) is 82.2 cm³/mol. The molecule has 7 heteroatoms. The number of anilines is 2. The molecule has 1 aromatic rings. The van der Waals surface area contributed by atoms with E-state index in [9.17, 15) is 9.18 Å². The molecule has 0 saturated carbocycles. The van der Waals surface area contributed by atoms with Crippen molar-refractivity contribution in [3.63, 3.8) is 0 Å². The van der Waals surface area contributed by atoms with Gasteiger partial charge < -0.3 is 26.0 Å². The Labute approximate surface area is 124 Å². The normalized spacial score (nSPS) is 10.1. The summed E-state index contributed by atoms with van der Waals surface area (Å²) in [6.45, 7) is 3.29. The molecular weight excluding hydrogens is 275 g/mol. The highest BCUT2D eigenvalue weighted by molar-refractivity contribution is 5.73. The monoisotopic (exact) mass is 298 g/mol. The molecule has 0 unspecified atom stereocenters. The molecule has 6 nitrogen and oxygen atoms in total. The largest absolute Gasteiger partial charge is 0.490 e. The van der Waals surface area contributed by atoms with Crippen LogP contribution in [-0.2, 0) is 0 Å². The topological polar surface area (TPSA) is 79.6 Å². The number of nitrogens with two attached hydrogens (primary N) is 1. The lowest BCUT2D eigenvalue weighted by Gasteiger charge is -2.15. The van der Waals surface area contributed by atoms with Crippen molar-refractivity contribution in [2.75, 3.05) is 44.8 Å². The SMILES string of the molecule is CCCOc1cc(NCCNC(=O)N(C)C)c(N)cc1F. The second-order valence-corrected chi connectivity index (χ2v) is 4.77. The Balaban J connectivity index is 2.56. The summed E-state index contributed by atoms with van der Waals surface area (Å²) in [5.74, 6) is -0.307. The van der Waals surface area contributed by atoms with Gasteiger partial charge in [-0.05, 0) is 6.42 Å². The number of carbonyl (C=O) groups excluding carboxylic acids is 1. The van der Waals surface area contributed by atoms with E-state index >= 15 is 0 Å². The van der Waals surface area contributed by atoms with Gasteiger partial charge in [-0.3, -0.25) is 0 Å². The van der Waals surface area contributed by atoms with Gasteiger partial charge in [-0.1, -0.05) is 6.92 Å². The average Bonchev–Trinajstić information content (AvgIpc) is 2.43. The van der Waals surface area contributed by atoms with Crippen LogP contribution in [0.1, 0.15) is 13.3 Å². The third kappa shape index (κ3) is 5.37. The quantitative estimate of drug-likeness (QED) is 0.530. The Morgan fingerprint density at radius 3 is 2.71 bits per heavy atom. The molecule has 1 rings (SSSR count). The average molecular weight is 298 g/mol. The van der Waals surface area contributed by atoms with Crippen LogP contribution in [0.25, 0.3) is 0 Å². The van der Waals surface area contributed by atoms with E-state index < -0.39 is 5.82 Å². The molecule has 0 aromatic heterocycles. The summed E-state index contributed by atoms with van der Waals surface area (Å²) in [7, 11) is 3.33. The van der Waals surface area contributed by atoms with E-state index in [2.05, 4.69) is 10.6 Å². The van der Waals surface area contributed by atoms with Gasteiger partial charge in [0.2, 0.25) is 0 Å². The minimum Gasteiger partial charge on any atom is -0.490 e. The summed E-state index contributed by atoms with van der Waals surface area (Å²) in [5, 5.41) is 5.76. The Morgan fingerprint density at radius 2 is 2.10 bits per heavy atom. The van der Waals surface area contributed by atoms with Crippen molar-refractivity contribution < 1.29 is 13.9 Å². The zero-order valence-electron chi connectivity index (χ0n) is 12.7. The fraction of sp³-hybridized carbons (Fsp3) is 0.500. The number of amides is 2. The van der Waals surface area contributed by atoms with Crippen LogP contribution in [0.15, 0.2) is 12.1 Å². The third-order valence-electron chi connectivity index (χ3n) is 2.69. The van der Waals surface area contributed by atoms with E-state index in [1.54, 1.807) is 14.1 Å². The summed E-state index contributed by atoms with van der Waals surface area (Å²) in [5.41, 5.74) is 6.64. The molecule has 0 saturated heterocycles. The molecule has 0 heterocycles. The van der Waals surface area contributed by atoms with E-state index in [0.29, 0.717) is 31.1 Å². The van der Waals surface area contributed by atoms with Gasteiger partial charge in [-0.15, -0.1) is 0 Å². The molecule has 118 valence electrons. The minimum absolute atomic E-state index is 0.171. The standard InChI is InChI=1S/C14H23FN4O2/c1-4-7-21-13-9-12(11(16)8-10(13)15)17-5-6-18-14(20)19(2)3/h8-9,17H,4-7,16H2,1-3H3,(H,18,20). The van der Waals surface area contributed by atoms with Crippen LogP contribution < -0.4 is 21.1 Å². The van der Waals surface area contributed by atoms with Crippen molar-refractivity contribution in [1.29, 1.82) is 0 Å². The first-order valence-corrected chi connectivity index (χ1v) is 6.86. The van der Waals surface area contributed by atoms with E-state index in [1.807, 2.05) is 6.92 Å². The predicted octanol–water partition coefficient (Wildman–Crippen LogP) is 1.88. The molecule has 0 aliphatic heterocycles. The number of rotatable bonds is 7. The summed E-state index contributed by atoms with van der Waals surface area (Å²) < 4.78 is 19.0. The fourth-order valence-corrected chi connectivity index (χ4v) is 1.57. The van der Waals surface area contributed by atoms with Crippen LogP contribution in [0.5, 0.6) is 5.75 Å². The minimum atomic E-state index is -0.479. The molecular formula is C14H23FN4O2. The zero-order valence-corrected chi connectivity index (χ0v) is 12.7. The molecule has 0 radical (unpaired) electrons. The molecule has 0 aliphatic rings. The first-order chi connectivity index (χ1) is 9.95. The van der Waals surface area contributed by atoms with E-state index in [4.69, 9.17) is 10.5 Å². The molecule has 1 aromatic carbocycles. The van der Waals surface area contributed by atoms with Crippen molar-refractivity contribution in [3.05, 3.63) is 17.9 Å². The lowest BCUT2D eigenvalue weighted by atomic mass is 10.2. The van der Waals surface area contributed by atoms with E-state index in [-0.39, 0.29) is 11.8 Å².